The summed E-state index contributed by atoms with van der Waals surface area (Å²) in [6, 6.07) is 6.26. The standard InChI is InChI=1S/C15H20BrNO/c1-3-6-11-12-7-5-8-13(16)15(12)18-14(11)10-17-9-4-2/h5,7-8,17H,3-4,6,9-10H2,1-2H3. The van der Waals surface area contributed by atoms with Gasteiger partial charge in [-0.05, 0) is 41.4 Å². The normalized spacial score (nSPS) is 11.3. The molecule has 0 aliphatic heterocycles. The zero-order chi connectivity index (χ0) is 13.0. The second kappa shape index (κ2) is 6.39. The van der Waals surface area contributed by atoms with Crippen molar-refractivity contribution in [3.05, 3.63) is 34.0 Å². The molecule has 18 heavy (non-hydrogen) atoms. The van der Waals surface area contributed by atoms with Gasteiger partial charge in [0.25, 0.3) is 0 Å². The predicted molar refractivity (Wildman–Crippen MR) is 79.9 cm³/mol. The van der Waals surface area contributed by atoms with Crippen molar-refractivity contribution in [1.82, 2.24) is 5.32 Å². The lowest BCUT2D eigenvalue weighted by Gasteiger charge is -2.03. The number of para-hydroxylation sites is 1. The van der Waals surface area contributed by atoms with Crippen LogP contribution >= 0.6 is 15.9 Å². The molecule has 2 nitrogen and oxygen atoms in total. The van der Waals surface area contributed by atoms with Gasteiger partial charge in [-0.15, -0.1) is 0 Å². The van der Waals surface area contributed by atoms with Gasteiger partial charge in [0, 0.05) is 10.9 Å². The minimum atomic E-state index is 0.824. The third-order valence-corrected chi connectivity index (χ3v) is 3.69. The maximum absolute atomic E-state index is 6.02. The maximum atomic E-state index is 6.02. The molecule has 2 rings (SSSR count). The number of aryl methyl sites for hydroxylation is 1. The molecule has 0 unspecified atom stereocenters. The van der Waals surface area contributed by atoms with E-state index in [1.54, 1.807) is 0 Å². The van der Waals surface area contributed by atoms with Crippen molar-refractivity contribution in [3.8, 4) is 0 Å². The predicted octanol–water partition coefficient (Wildman–Crippen LogP) is 4.65. The summed E-state index contributed by atoms with van der Waals surface area (Å²) in [6.07, 6.45) is 3.36. The number of rotatable bonds is 6. The maximum Gasteiger partial charge on any atom is 0.148 e. The van der Waals surface area contributed by atoms with Gasteiger partial charge >= 0.3 is 0 Å². The van der Waals surface area contributed by atoms with Crippen LogP contribution in [0.5, 0.6) is 0 Å². The lowest BCUT2D eigenvalue weighted by atomic mass is 10.1. The molecule has 2 aromatic rings. The average Bonchev–Trinajstić information content (AvgIpc) is 2.71. The van der Waals surface area contributed by atoms with Gasteiger partial charge in [-0.1, -0.05) is 32.4 Å². The summed E-state index contributed by atoms with van der Waals surface area (Å²) >= 11 is 3.56. The number of benzene rings is 1. The van der Waals surface area contributed by atoms with E-state index in [4.69, 9.17) is 4.42 Å². The number of hydrogen-bond donors (Lipinski definition) is 1. The summed E-state index contributed by atoms with van der Waals surface area (Å²) in [5.41, 5.74) is 2.34. The molecule has 0 saturated carbocycles. The highest BCUT2D eigenvalue weighted by Gasteiger charge is 2.14. The molecule has 0 radical (unpaired) electrons. The third kappa shape index (κ3) is 2.78. The molecule has 0 aliphatic carbocycles. The molecule has 98 valence electrons. The monoisotopic (exact) mass is 309 g/mol. The number of hydrogen-bond acceptors (Lipinski definition) is 2. The van der Waals surface area contributed by atoms with Crippen molar-refractivity contribution in [2.45, 2.75) is 39.7 Å². The molecule has 0 spiro atoms. The van der Waals surface area contributed by atoms with E-state index in [0.717, 1.165) is 48.2 Å². The highest BCUT2D eigenvalue weighted by Crippen LogP contribution is 2.32. The van der Waals surface area contributed by atoms with Crippen LogP contribution < -0.4 is 5.32 Å². The molecule has 1 N–H and O–H groups in total. The van der Waals surface area contributed by atoms with Crippen LogP contribution in [0.15, 0.2) is 27.1 Å². The first-order valence-corrected chi connectivity index (χ1v) is 7.46. The van der Waals surface area contributed by atoms with E-state index < -0.39 is 0 Å². The van der Waals surface area contributed by atoms with E-state index in [1.807, 2.05) is 6.07 Å². The first-order chi connectivity index (χ1) is 8.77. The largest absolute Gasteiger partial charge is 0.458 e. The molecule has 0 amide bonds. The molecule has 0 aliphatic rings. The first-order valence-electron chi connectivity index (χ1n) is 6.67. The Balaban J connectivity index is 2.37. The van der Waals surface area contributed by atoms with Gasteiger partial charge in [-0.2, -0.15) is 0 Å². The highest BCUT2D eigenvalue weighted by atomic mass is 79.9. The van der Waals surface area contributed by atoms with E-state index in [2.05, 4.69) is 47.2 Å². The Labute approximate surface area is 117 Å². The van der Waals surface area contributed by atoms with Gasteiger partial charge in [0.2, 0.25) is 0 Å². The molecule has 0 fully saturated rings. The lowest BCUT2D eigenvalue weighted by molar-refractivity contribution is 0.506. The highest BCUT2D eigenvalue weighted by molar-refractivity contribution is 9.10. The van der Waals surface area contributed by atoms with Gasteiger partial charge < -0.3 is 9.73 Å². The Morgan fingerprint density at radius 3 is 2.78 bits per heavy atom. The summed E-state index contributed by atoms with van der Waals surface area (Å²) in [5, 5.41) is 4.67. The Hall–Kier alpha value is -0.800. The van der Waals surface area contributed by atoms with Crippen LogP contribution in [0, 0.1) is 0 Å². The fraction of sp³-hybridized carbons (Fsp3) is 0.467. The third-order valence-electron chi connectivity index (χ3n) is 3.07. The van der Waals surface area contributed by atoms with E-state index in [-0.39, 0.29) is 0 Å². The topological polar surface area (TPSA) is 25.2 Å². The van der Waals surface area contributed by atoms with Gasteiger partial charge in [0.05, 0.1) is 11.0 Å². The fourth-order valence-corrected chi connectivity index (χ4v) is 2.68. The zero-order valence-electron chi connectivity index (χ0n) is 11.1. The second-order valence-electron chi connectivity index (χ2n) is 4.55. The van der Waals surface area contributed by atoms with Crippen LogP contribution in [-0.2, 0) is 13.0 Å². The number of furan rings is 1. The van der Waals surface area contributed by atoms with Crippen molar-refractivity contribution in [1.29, 1.82) is 0 Å². The molecule has 0 saturated heterocycles. The van der Waals surface area contributed by atoms with Crippen LogP contribution in [0.2, 0.25) is 0 Å². The number of fused-ring (bicyclic) bond motifs is 1. The fourth-order valence-electron chi connectivity index (χ4n) is 2.23. The van der Waals surface area contributed by atoms with E-state index in [1.165, 1.54) is 10.9 Å². The van der Waals surface area contributed by atoms with Crippen LogP contribution in [-0.4, -0.2) is 6.54 Å². The van der Waals surface area contributed by atoms with E-state index in [9.17, 15) is 0 Å². The quantitative estimate of drug-likeness (QED) is 0.786. The van der Waals surface area contributed by atoms with Crippen molar-refractivity contribution >= 4 is 26.9 Å². The van der Waals surface area contributed by atoms with Crippen LogP contribution in [0.4, 0.5) is 0 Å². The summed E-state index contributed by atoms with van der Waals surface area (Å²) < 4.78 is 7.06. The van der Waals surface area contributed by atoms with Crippen molar-refractivity contribution in [2.75, 3.05) is 6.54 Å². The summed E-state index contributed by atoms with van der Waals surface area (Å²) in [5.74, 6) is 1.09. The van der Waals surface area contributed by atoms with Gasteiger partial charge in [-0.3, -0.25) is 0 Å². The van der Waals surface area contributed by atoms with Crippen molar-refractivity contribution < 1.29 is 4.42 Å². The number of halogens is 1. The second-order valence-corrected chi connectivity index (χ2v) is 5.40. The van der Waals surface area contributed by atoms with Gasteiger partial charge in [-0.25, -0.2) is 0 Å². The van der Waals surface area contributed by atoms with Crippen molar-refractivity contribution in [3.63, 3.8) is 0 Å². The van der Waals surface area contributed by atoms with E-state index in [0.29, 0.717) is 0 Å². The van der Waals surface area contributed by atoms with E-state index >= 15 is 0 Å². The Morgan fingerprint density at radius 1 is 1.22 bits per heavy atom. The molecular weight excluding hydrogens is 290 g/mol. The van der Waals surface area contributed by atoms with Crippen LogP contribution in [0.1, 0.15) is 38.0 Å². The minimum absolute atomic E-state index is 0.824. The van der Waals surface area contributed by atoms with Crippen molar-refractivity contribution in [2.24, 2.45) is 0 Å². The molecule has 1 heterocycles. The Bertz CT molecular complexity index is 518. The van der Waals surface area contributed by atoms with Gasteiger partial charge in [0.15, 0.2) is 0 Å². The molecule has 0 atom stereocenters. The summed E-state index contributed by atoms with van der Waals surface area (Å²) in [7, 11) is 0. The zero-order valence-corrected chi connectivity index (χ0v) is 12.6. The smallest absolute Gasteiger partial charge is 0.148 e. The Kier molecular flexibility index (Phi) is 4.84. The molecule has 3 heteroatoms. The SMILES string of the molecule is CCCNCc1oc2c(Br)cccc2c1CCC. The summed E-state index contributed by atoms with van der Waals surface area (Å²) in [4.78, 5) is 0. The van der Waals surface area contributed by atoms with Crippen LogP contribution in [0.25, 0.3) is 11.0 Å². The molecular formula is C15H20BrNO. The first kappa shape index (κ1) is 13.6. The van der Waals surface area contributed by atoms with Crippen LogP contribution in [0.3, 0.4) is 0 Å². The lowest BCUT2D eigenvalue weighted by Crippen LogP contribution is -2.14. The van der Waals surface area contributed by atoms with Gasteiger partial charge in [0.1, 0.15) is 11.3 Å². The average molecular weight is 310 g/mol. The summed E-state index contributed by atoms with van der Waals surface area (Å²) in [6.45, 7) is 6.24. The molecule has 0 bridgehead atoms. The Morgan fingerprint density at radius 2 is 2.06 bits per heavy atom. The minimum Gasteiger partial charge on any atom is -0.458 e. The molecule has 1 aromatic heterocycles. The number of nitrogens with one attached hydrogen (secondary N) is 1. The molecule has 1 aromatic carbocycles.